The van der Waals surface area contributed by atoms with E-state index in [1.165, 1.54) is 21.8 Å². The Balaban J connectivity index is 0.971. The van der Waals surface area contributed by atoms with Crippen LogP contribution in [-0.2, 0) is 0 Å². The summed E-state index contributed by atoms with van der Waals surface area (Å²) in [5, 5.41) is 16.1. The standard InChI is InChI=1S/C63H43N5/c64-60(46-21-7-2-8-22-46)59(44-19-5-1-6-20-44)62-53-30-14-13-29-52(53)58(61(67-62)47-23-9-3-10-24-47)45-35-33-42(34-36-45)54-41-55(66-63(65-54)48-25-11-4-12-26-48)43-37-39-49(40-38-43)68-56-31-17-15-27-50(56)51-28-16-18-32-57(51)68/h1-41,64,67H/b62-59-,64-60?. The number of fused-ring (bicyclic) bond motifs is 4. The zero-order chi connectivity index (χ0) is 45.4. The highest BCUT2D eigenvalue weighted by Crippen LogP contribution is 2.43. The Labute approximate surface area is 395 Å². The Morgan fingerprint density at radius 1 is 0.397 bits per heavy atom. The largest absolute Gasteiger partial charge is 0.353 e. The Bertz CT molecular complexity index is 3670. The SMILES string of the molecule is N=C(/C(=C1\NC(c2ccccc2)=C(c2ccc(-c3cc(-c4ccc(-n5c6ccccc6c6ccccc65)cc4)nc(-c4ccccc4)n3)cc2)c2ccccc21)c1ccccc1)c1ccccc1. The molecule has 3 heterocycles. The van der Waals surface area contributed by atoms with Gasteiger partial charge in [0.15, 0.2) is 5.82 Å². The number of benzene rings is 9. The van der Waals surface area contributed by atoms with Crippen LogP contribution < -0.4 is 5.32 Å². The molecular formula is C63H43N5. The number of allylic oxidation sites excluding steroid dienone is 1. The molecule has 12 rings (SSSR count). The van der Waals surface area contributed by atoms with E-state index in [9.17, 15) is 5.41 Å². The number of rotatable bonds is 9. The minimum atomic E-state index is 0.451. The van der Waals surface area contributed by atoms with Crippen molar-refractivity contribution in [1.29, 1.82) is 5.41 Å². The number of nitrogens with one attached hydrogen (secondary N) is 2. The van der Waals surface area contributed by atoms with Gasteiger partial charge in [0.1, 0.15) is 0 Å². The summed E-state index contributed by atoms with van der Waals surface area (Å²) in [5.41, 5.74) is 18.4. The molecular weight excluding hydrogens is 827 g/mol. The molecule has 5 heteroatoms. The maximum Gasteiger partial charge on any atom is 0.160 e. The topological polar surface area (TPSA) is 66.6 Å². The average molecular weight is 870 g/mol. The lowest BCUT2D eigenvalue weighted by atomic mass is 9.82. The summed E-state index contributed by atoms with van der Waals surface area (Å²) in [6, 6.07) is 86.3. The summed E-state index contributed by atoms with van der Waals surface area (Å²) >= 11 is 0. The summed E-state index contributed by atoms with van der Waals surface area (Å²) in [7, 11) is 0. The highest BCUT2D eigenvalue weighted by Gasteiger charge is 2.28. The van der Waals surface area contributed by atoms with Crippen molar-refractivity contribution in [3.8, 4) is 39.6 Å². The maximum absolute atomic E-state index is 9.70. The van der Waals surface area contributed by atoms with Crippen LogP contribution in [0.5, 0.6) is 0 Å². The molecule has 0 aliphatic carbocycles. The molecule has 0 unspecified atom stereocenters. The van der Waals surface area contributed by atoms with Crippen LogP contribution in [0.4, 0.5) is 0 Å². The summed E-state index contributed by atoms with van der Waals surface area (Å²) in [6.07, 6.45) is 0. The van der Waals surface area contributed by atoms with E-state index >= 15 is 0 Å². The van der Waals surface area contributed by atoms with Crippen molar-refractivity contribution in [1.82, 2.24) is 19.9 Å². The van der Waals surface area contributed by atoms with E-state index in [-0.39, 0.29) is 0 Å². The molecule has 1 aliphatic rings. The third kappa shape index (κ3) is 7.29. The molecule has 0 bridgehead atoms. The van der Waals surface area contributed by atoms with Gasteiger partial charge in [0, 0.05) is 55.4 Å². The van der Waals surface area contributed by atoms with E-state index in [4.69, 9.17) is 9.97 Å². The van der Waals surface area contributed by atoms with Gasteiger partial charge in [-0.25, -0.2) is 9.97 Å². The van der Waals surface area contributed by atoms with Crippen molar-refractivity contribution in [2.24, 2.45) is 0 Å². The van der Waals surface area contributed by atoms with Crippen LogP contribution in [0.2, 0.25) is 0 Å². The lowest BCUT2D eigenvalue weighted by Crippen LogP contribution is -2.23. The lowest BCUT2D eigenvalue weighted by Gasteiger charge is -2.30. The van der Waals surface area contributed by atoms with E-state index in [0.717, 1.165) is 89.7 Å². The fraction of sp³-hybridized carbons (Fsp3) is 0. The van der Waals surface area contributed by atoms with Crippen LogP contribution in [0.1, 0.15) is 33.4 Å². The van der Waals surface area contributed by atoms with Crippen LogP contribution in [0.25, 0.3) is 83.9 Å². The predicted molar refractivity (Wildman–Crippen MR) is 281 cm³/mol. The second-order valence-corrected chi connectivity index (χ2v) is 17.0. The van der Waals surface area contributed by atoms with Gasteiger partial charge in [-0.2, -0.15) is 0 Å². The fourth-order valence-electron chi connectivity index (χ4n) is 9.64. The van der Waals surface area contributed by atoms with Gasteiger partial charge < -0.3 is 9.88 Å². The highest BCUT2D eigenvalue weighted by atomic mass is 15.0. The molecule has 0 saturated carbocycles. The van der Waals surface area contributed by atoms with Crippen LogP contribution >= 0.6 is 0 Å². The van der Waals surface area contributed by atoms with Crippen molar-refractivity contribution in [2.75, 3.05) is 0 Å². The Kier molecular flexibility index (Phi) is 10.3. The zero-order valence-corrected chi connectivity index (χ0v) is 37.0. The first-order valence-electron chi connectivity index (χ1n) is 22.9. The molecule has 0 amide bonds. The predicted octanol–water partition coefficient (Wildman–Crippen LogP) is 15.0. The Morgan fingerprint density at radius 2 is 0.853 bits per heavy atom. The van der Waals surface area contributed by atoms with Crippen LogP contribution in [0.3, 0.4) is 0 Å². The minimum absolute atomic E-state index is 0.451. The molecule has 0 fully saturated rings. The molecule has 0 radical (unpaired) electrons. The molecule has 0 atom stereocenters. The van der Waals surface area contributed by atoms with Gasteiger partial charge >= 0.3 is 0 Å². The monoisotopic (exact) mass is 869 g/mol. The number of nitrogens with zero attached hydrogens (tertiary/aromatic N) is 3. The summed E-state index contributed by atoms with van der Waals surface area (Å²) in [4.78, 5) is 10.4. The van der Waals surface area contributed by atoms with E-state index in [1.807, 2.05) is 72.8 Å². The maximum atomic E-state index is 9.70. The van der Waals surface area contributed by atoms with Gasteiger partial charge in [-0.1, -0.05) is 218 Å². The third-order valence-electron chi connectivity index (χ3n) is 12.9. The van der Waals surface area contributed by atoms with Gasteiger partial charge in [0.05, 0.1) is 39.5 Å². The molecule has 11 aromatic rings. The van der Waals surface area contributed by atoms with Gasteiger partial charge in [0.2, 0.25) is 0 Å². The van der Waals surface area contributed by atoms with Crippen molar-refractivity contribution in [2.45, 2.75) is 0 Å². The van der Waals surface area contributed by atoms with Crippen LogP contribution in [-0.4, -0.2) is 20.2 Å². The second-order valence-electron chi connectivity index (χ2n) is 17.0. The smallest absolute Gasteiger partial charge is 0.160 e. The van der Waals surface area contributed by atoms with Gasteiger partial charge in [-0.3, -0.25) is 5.41 Å². The molecule has 2 aromatic heterocycles. The zero-order valence-electron chi connectivity index (χ0n) is 37.0. The quantitative estimate of drug-likeness (QED) is 0.142. The Hall–Kier alpha value is -9.19. The van der Waals surface area contributed by atoms with Crippen LogP contribution in [0, 0.1) is 5.41 Å². The number of hydrogen-bond acceptors (Lipinski definition) is 4. The molecule has 5 nitrogen and oxygen atoms in total. The van der Waals surface area contributed by atoms with E-state index in [1.54, 1.807) is 0 Å². The molecule has 2 N–H and O–H groups in total. The summed E-state index contributed by atoms with van der Waals surface area (Å²) in [6.45, 7) is 0. The van der Waals surface area contributed by atoms with E-state index < -0.39 is 0 Å². The summed E-state index contributed by atoms with van der Waals surface area (Å²) in [5.74, 6) is 0.669. The minimum Gasteiger partial charge on any atom is -0.353 e. The molecule has 1 aliphatic heterocycles. The number of hydrogen-bond donors (Lipinski definition) is 2. The summed E-state index contributed by atoms with van der Waals surface area (Å²) < 4.78 is 2.34. The van der Waals surface area contributed by atoms with Crippen molar-refractivity contribution in [3.63, 3.8) is 0 Å². The van der Waals surface area contributed by atoms with Gasteiger partial charge in [0.25, 0.3) is 0 Å². The molecule has 68 heavy (non-hydrogen) atoms. The highest BCUT2D eigenvalue weighted by molar-refractivity contribution is 6.36. The van der Waals surface area contributed by atoms with E-state index in [2.05, 4.69) is 186 Å². The first kappa shape index (κ1) is 40.3. The average Bonchev–Trinajstić information content (AvgIpc) is 3.76. The third-order valence-corrected chi connectivity index (χ3v) is 12.9. The normalized spacial score (nSPS) is 13.0. The second kappa shape index (κ2) is 17.3. The number of aromatic nitrogens is 3. The van der Waals surface area contributed by atoms with E-state index in [0.29, 0.717) is 11.5 Å². The molecule has 0 saturated heterocycles. The van der Waals surface area contributed by atoms with Crippen molar-refractivity contribution in [3.05, 3.63) is 282 Å². The molecule has 320 valence electrons. The van der Waals surface area contributed by atoms with Gasteiger partial charge in [-0.15, -0.1) is 0 Å². The van der Waals surface area contributed by atoms with Crippen molar-refractivity contribution < 1.29 is 0 Å². The Morgan fingerprint density at radius 3 is 1.44 bits per heavy atom. The fourth-order valence-corrected chi connectivity index (χ4v) is 9.64. The molecule has 9 aromatic carbocycles. The van der Waals surface area contributed by atoms with Crippen molar-refractivity contribution >= 4 is 50.1 Å². The first-order valence-corrected chi connectivity index (χ1v) is 22.9. The first-order chi connectivity index (χ1) is 33.7. The number of para-hydroxylation sites is 2. The lowest BCUT2D eigenvalue weighted by molar-refractivity contribution is 1.17. The molecule has 0 spiro atoms. The van der Waals surface area contributed by atoms with Crippen LogP contribution in [0.15, 0.2) is 249 Å². The van der Waals surface area contributed by atoms with Gasteiger partial charge in [-0.05, 0) is 52.6 Å².